The van der Waals surface area contributed by atoms with E-state index in [1.165, 1.54) is 63.9 Å². The lowest BCUT2D eigenvalue weighted by atomic mass is 9.83. The second-order valence-corrected chi connectivity index (χ2v) is 12.0. The number of hydrogen-bond donors (Lipinski definition) is 2. The number of carboxylic acids is 1. The van der Waals surface area contributed by atoms with Crippen LogP contribution in [0.1, 0.15) is 96.8 Å². The monoisotopic (exact) mass is 510 g/mol. The molecule has 4 unspecified atom stereocenters. The minimum absolute atomic E-state index is 0.0550. The lowest BCUT2D eigenvalue weighted by molar-refractivity contribution is -0.177. The van der Waals surface area contributed by atoms with Crippen LogP contribution in [0.3, 0.4) is 0 Å². The summed E-state index contributed by atoms with van der Waals surface area (Å²) >= 11 is -2.57. The zero-order valence-corrected chi connectivity index (χ0v) is 22.5. The highest BCUT2D eigenvalue weighted by Gasteiger charge is 2.49. The van der Waals surface area contributed by atoms with Gasteiger partial charge in [0.15, 0.2) is 5.60 Å². The molecule has 0 aromatic rings. The molecule has 0 rings (SSSR count). The van der Waals surface area contributed by atoms with Gasteiger partial charge in [-0.15, -0.1) is 0 Å². The van der Waals surface area contributed by atoms with Crippen molar-refractivity contribution in [1.29, 1.82) is 0 Å². The number of rotatable bonds is 22. The molecule has 0 amide bonds. The maximum absolute atomic E-state index is 12.6. The van der Waals surface area contributed by atoms with E-state index in [1.807, 2.05) is 0 Å². The Balaban J connectivity index is 4.34. The molecular weight excluding hydrogens is 464 g/mol. The molecule has 0 aromatic heterocycles. The van der Waals surface area contributed by atoms with Gasteiger partial charge in [0.1, 0.15) is 17.4 Å². The molecule has 9 heteroatoms. The van der Waals surface area contributed by atoms with Crippen molar-refractivity contribution in [2.45, 2.75) is 102 Å². The zero-order valence-electron chi connectivity index (χ0n) is 20.9. The highest BCUT2D eigenvalue weighted by Crippen LogP contribution is 2.28. The van der Waals surface area contributed by atoms with Gasteiger partial charge >= 0.3 is 11.9 Å². The van der Waals surface area contributed by atoms with Crippen LogP contribution in [-0.2, 0) is 36.7 Å². The molecule has 0 aromatic carbocycles. The van der Waals surface area contributed by atoms with Crippen LogP contribution >= 0.6 is 0 Å². The lowest BCUT2D eigenvalue weighted by Gasteiger charge is -2.30. The average molecular weight is 511 g/mol. The van der Waals surface area contributed by atoms with Gasteiger partial charge in [-0.2, -0.15) is 0 Å². The van der Waals surface area contributed by atoms with Crippen LogP contribution in [0.2, 0.25) is 0 Å². The summed E-state index contributed by atoms with van der Waals surface area (Å²) in [7, 11) is 0. The van der Waals surface area contributed by atoms with E-state index in [1.54, 1.807) is 0 Å². The third-order valence-corrected chi connectivity index (χ3v) is 7.53. The summed E-state index contributed by atoms with van der Waals surface area (Å²) in [5.41, 5.74) is -2.39. The first kappa shape index (κ1) is 32.5. The standard InChI is InChI=1S/C24H46O7S2/c1-4-5-6-7-8-9-10-11-12-13-14-15-18-31-22(25)21(16-19-32(2)29)24(28,23(26)27)17-20-33(3)30/h21,28H,4-20H2,1-3H3,(H,26,27). The van der Waals surface area contributed by atoms with E-state index in [0.29, 0.717) is 6.42 Å². The van der Waals surface area contributed by atoms with E-state index in [9.17, 15) is 28.9 Å². The first-order valence-electron chi connectivity index (χ1n) is 12.4. The van der Waals surface area contributed by atoms with Gasteiger partial charge in [0.05, 0.1) is 19.1 Å². The maximum Gasteiger partial charge on any atom is 0.336 e. The molecule has 0 saturated heterocycles. The van der Waals surface area contributed by atoms with E-state index >= 15 is 0 Å². The van der Waals surface area contributed by atoms with Crippen molar-refractivity contribution in [2.75, 3.05) is 30.6 Å². The highest BCUT2D eigenvalue weighted by atomic mass is 32.2. The van der Waals surface area contributed by atoms with Crippen molar-refractivity contribution < 1.29 is 33.6 Å². The van der Waals surface area contributed by atoms with Gasteiger partial charge in [0.25, 0.3) is 0 Å². The van der Waals surface area contributed by atoms with Crippen molar-refractivity contribution >= 4 is 34.3 Å². The van der Waals surface area contributed by atoms with Crippen LogP contribution in [-0.4, -0.2) is 67.5 Å². The summed E-state index contributed by atoms with van der Waals surface area (Å²) in [5, 5.41) is 20.3. The first-order chi connectivity index (χ1) is 15.6. The van der Waals surface area contributed by atoms with Crippen LogP contribution in [0.25, 0.3) is 0 Å². The van der Waals surface area contributed by atoms with Crippen LogP contribution in [0, 0.1) is 5.92 Å². The highest BCUT2D eigenvalue weighted by molar-refractivity contribution is 7.90. The summed E-state index contributed by atoms with van der Waals surface area (Å²) in [4.78, 5) is 24.4. The van der Waals surface area contributed by atoms with E-state index < -0.39 is 45.8 Å². The van der Waals surface area contributed by atoms with Crippen molar-refractivity contribution in [3.8, 4) is 0 Å². The molecule has 0 spiro atoms. The minimum Gasteiger partial charge on any atom is -0.617 e. The van der Waals surface area contributed by atoms with Gasteiger partial charge < -0.3 is 24.1 Å². The molecule has 0 aliphatic carbocycles. The number of hydrogen-bond acceptors (Lipinski definition) is 6. The van der Waals surface area contributed by atoms with Gasteiger partial charge in [0, 0.05) is 12.8 Å². The second kappa shape index (κ2) is 19.8. The Bertz CT molecular complexity index is 517. The van der Waals surface area contributed by atoms with Crippen molar-refractivity contribution in [1.82, 2.24) is 0 Å². The maximum atomic E-state index is 12.6. The molecular formula is C24H46O7S2. The Hall–Kier alpha value is -0.480. The van der Waals surface area contributed by atoms with Crippen molar-refractivity contribution in [3.05, 3.63) is 0 Å². The Labute approximate surface area is 206 Å². The molecule has 0 bridgehead atoms. The molecule has 0 fully saturated rings. The van der Waals surface area contributed by atoms with E-state index in [0.717, 1.165) is 19.3 Å². The molecule has 0 saturated carbocycles. The van der Waals surface area contributed by atoms with Gasteiger partial charge in [-0.05, 0) is 6.42 Å². The Kier molecular flexibility index (Phi) is 19.5. The van der Waals surface area contributed by atoms with Crippen LogP contribution in [0.5, 0.6) is 0 Å². The molecule has 33 heavy (non-hydrogen) atoms. The van der Waals surface area contributed by atoms with Crippen LogP contribution < -0.4 is 0 Å². The van der Waals surface area contributed by atoms with E-state index in [4.69, 9.17) is 4.74 Å². The average Bonchev–Trinajstić information content (AvgIpc) is 2.75. The molecule has 2 N–H and O–H groups in total. The number of carboxylic acid groups (broad SMARTS) is 1. The largest absolute Gasteiger partial charge is 0.617 e. The second-order valence-electron chi connectivity index (χ2n) is 8.93. The Morgan fingerprint density at radius 3 is 1.73 bits per heavy atom. The predicted octanol–water partition coefficient (Wildman–Crippen LogP) is 4.20. The number of esters is 1. The summed E-state index contributed by atoms with van der Waals surface area (Å²) in [6, 6.07) is 0. The predicted molar refractivity (Wildman–Crippen MR) is 135 cm³/mol. The third kappa shape index (κ3) is 15.9. The fourth-order valence-corrected chi connectivity index (χ4v) is 4.95. The van der Waals surface area contributed by atoms with E-state index in [-0.39, 0.29) is 31.0 Å². The minimum atomic E-state index is -2.39. The van der Waals surface area contributed by atoms with E-state index in [2.05, 4.69) is 6.92 Å². The fraction of sp³-hybridized carbons (Fsp3) is 0.917. The van der Waals surface area contributed by atoms with Crippen LogP contribution in [0.4, 0.5) is 0 Å². The smallest absolute Gasteiger partial charge is 0.336 e. The molecule has 0 aliphatic heterocycles. The zero-order chi connectivity index (χ0) is 25.1. The lowest BCUT2D eigenvalue weighted by Crippen LogP contribution is -2.51. The summed E-state index contributed by atoms with van der Waals surface area (Å²) in [5.74, 6) is -3.68. The summed E-state index contributed by atoms with van der Waals surface area (Å²) in [6.45, 7) is 2.39. The summed E-state index contributed by atoms with van der Waals surface area (Å²) < 4.78 is 28.2. The normalized spacial score (nSPS) is 16.1. The third-order valence-electron chi connectivity index (χ3n) is 5.94. The number of ether oxygens (including phenoxy) is 1. The van der Waals surface area contributed by atoms with Gasteiger partial charge in [-0.3, -0.25) is 4.79 Å². The topological polar surface area (TPSA) is 130 Å². The molecule has 4 atom stereocenters. The Morgan fingerprint density at radius 1 is 0.848 bits per heavy atom. The van der Waals surface area contributed by atoms with Gasteiger partial charge in [-0.25, -0.2) is 4.79 Å². The van der Waals surface area contributed by atoms with Gasteiger partial charge in [0.2, 0.25) is 0 Å². The van der Waals surface area contributed by atoms with Gasteiger partial charge in [-0.1, -0.05) is 99.9 Å². The number of carbonyl (C=O) groups excluding carboxylic acids is 1. The first-order valence-corrected chi connectivity index (χ1v) is 15.8. The van der Waals surface area contributed by atoms with Crippen molar-refractivity contribution in [2.24, 2.45) is 5.92 Å². The number of aliphatic carboxylic acids is 1. The molecule has 0 aliphatic rings. The molecule has 0 heterocycles. The van der Waals surface area contributed by atoms with Crippen LogP contribution in [0.15, 0.2) is 0 Å². The number of aliphatic hydroxyl groups is 1. The summed E-state index contributed by atoms with van der Waals surface area (Å²) in [6.07, 6.45) is 16.7. The molecule has 196 valence electrons. The number of unbranched alkanes of at least 4 members (excludes halogenated alkanes) is 11. The van der Waals surface area contributed by atoms with Crippen molar-refractivity contribution in [3.63, 3.8) is 0 Å². The molecule has 0 radical (unpaired) electrons. The fourth-order valence-electron chi connectivity index (χ4n) is 3.78. The molecule has 7 nitrogen and oxygen atoms in total. The SMILES string of the molecule is CCCCCCCCCCCCCCOC(=O)C(CC[S+](C)[O-])C(O)(CC[S+](C)[O-])C(=O)O. The quantitative estimate of drug-likeness (QED) is 0.127. The number of carbonyl (C=O) groups is 2. The Morgan fingerprint density at radius 2 is 1.30 bits per heavy atom.